The fourth-order valence-electron chi connectivity index (χ4n) is 2.21. The zero-order chi connectivity index (χ0) is 19.8. The van der Waals surface area contributed by atoms with Crippen molar-refractivity contribution in [2.45, 2.75) is 103 Å². The summed E-state index contributed by atoms with van der Waals surface area (Å²) in [5.74, 6) is 0.323. The summed E-state index contributed by atoms with van der Waals surface area (Å²) in [4.78, 5) is 11.5. The molecule has 0 fully saturated rings. The van der Waals surface area contributed by atoms with Gasteiger partial charge in [0.2, 0.25) is 0 Å². The molecular formula is C19H38O4Si2. The molecule has 146 valence electrons. The van der Waals surface area contributed by atoms with Gasteiger partial charge in [-0.1, -0.05) is 41.5 Å². The summed E-state index contributed by atoms with van der Waals surface area (Å²) in [7, 11) is -3.96. The molecule has 2 atom stereocenters. The van der Waals surface area contributed by atoms with E-state index in [2.05, 4.69) is 67.7 Å². The molecule has 1 rings (SSSR count). The second-order valence-electron chi connectivity index (χ2n) is 10.2. The molecule has 0 aromatic carbocycles. The van der Waals surface area contributed by atoms with Gasteiger partial charge in [-0.05, 0) is 48.8 Å². The summed E-state index contributed by atoms with van der Waals surface area (Å²) in [6.07, 6.45) is 2.33. The second-order valence-corrected chi connectivity index (χ2v) is 19.7. The molecule has 0 amide bonds. The van der Waals surface area contributed by atoms with Crippen molar-refractivity contribution in [3.8, 4) is 0 Å². The van der Waals surface area contributed by atoms with Crippen LogP contribution in [-0.4, -0.2) is 34.8 Å². The van der Waals surface area contributed by atoms with Gasteiger partial charge in [-0.2, -0.15) is 0 Å². The maximum atomic E-state index is 11.5. The molecule has 0 aliphatic heterocycles. The van der Waals surface area contributed by atoms with Crippen LogP contribution < -0.4 is 0 Å². The molecule has 1 aliphatic rings. The first kappa shape index (κ1) is 22.6. The highest BCUT2D eigenvalue weighted by Gasteiger charge is 2.47. The quantitative estimate of drug-likeness (QED) is 0.454. The standard InChI is InChI=1S/C19H38O4Si2/c1-14(20)21-15-12-13-16(22-24(8,9)18(2,3)4)17(15)23-25(10,11)19(5,6)7/h12,16-17H,13H2,1-11H3. The highest BCUT2D eigenvalue weighted by molar-refractivity contribution is 6.74. The van der Waals surface area contributed by atoms with Gasteiger partial charge in [0.05, 0.1) is 6.10 Å². The second kappa shape index (κ2) is 7.29. The predicted molar refractivity (Wildman–Crippen MR) is 109 cm³/mol. The molecule has 0 saturated carbocycles. The topological polar surface area (TPSA) is 44.8 Å². The number of esters is 1. The molecule has 0 heterocycles. The van der Waals surface area contributed by atoms with Crippen molar-refractivity contribution < 1.29 is 18.4 Å². The molecule has 6 heteroatoms. The van der Waals surface area contributed by atoms with Crippen molar-refractivity contribution >= 4 is 22.6 Å². The molecule has 4 nitrogen and oxygen atoms in total. The van der Waals surface area contributed by atoms with Crippen LogP contribution in [0, 0.1) is 0 Å². The molecule has 0 bridgehead atoms. The van der Waals surface area contributed by atoms with E-state index in [1.807, 2.05) is 6.08 Å². The van der Waals surface area contributed by atoms with Crippen LogP contribution >= 0.6 is 0 Å². The van der Waals surface area contributed by atoms with Gasteiger partial charge in [0.15, 0.2) is 16.6 Å². The molecule has 0 aromatic heterocycles. The van der Waals surface area contributed by atoms with E-state index in [1.54, 1.807) is 0 Å². The molecule has 1 aliphatic carbocycles. The number of rotatable bonds is 5. The van der Waals surface area contributed by atoms with Crippen LogP contribution in [0.4, 0.5) is 0 Å². The van der Waals surface area contributed by atoms with Gasteiger partial charge in [-0.3, -0.25) is 4.79 Å². The number of hydrogen-bond acceptors (Lipinski definition) is 4. The molecule has 0 saturated heterocycles. The van der Waals surface area contributed by atoms with Crippen LogP contribution in [0.5, 0.6) is 0 Å². The number of carbonyl (C=O) groups is 1. The number of carbonyl (C=O) groups excluding carboxylic acids is 1. The minimum absolute atomic E-state index is 0.0793. The highest BCUT2D eigenvalue weighted by Crippen LogP contribution is 2.43. The van der Waals surface area contributed by atoms with E-state index in [-0.39, 0.29) is 28.3 Å². The van der Waals surface area contributed by atoms with E-state index in [9.17, 15) is 4.79 Å². The Morgan fingerprint density at radius 1 is 0.960 bits per heavy atom. The van der Waals surface area contributed by atoms with Crippen molar-refractivity contribution in [2.75, 3.05) is 0 Å². The molecule has 2 unspecified atom stereocenters. The Hall–Kier alpha value is -0.436. The van der Waals surface area contributed by atoms with Gasteiger partial charge in [0.1, 0.15) is 11.9 Å². The van der Waals surface area contributed by atoms with Crippen molar-refractivity contribution in [1.82, 2.24) is 0 Å². The van der Waals surface area contributed by atoms with E-state index in [0.29, 0.717) is 5.76 Å². The van der Waals surface area contributed by atoms with E-state index < -0.39 is 16.6 Å². The fourth-order valence-corrected chi connectivity index (χ4v) is 4.80. The van der Waals surface area contributed by atoms with Crippen molar-refractivity contribution in [2.24, 2.45) is 0 Å². The Kier molecular flexibility index (Phi) is 6.59. The molecule has 0 spiro atoms. The third-order valence-corrected chi connectivity index (χ3v) is 14.9. The van der Waals surface area contributed by atoms with Crippen molar-refractivity contribution in [1.29, 1.82) is 0 Å². The maximum Gasteiger partial charge on any atom is 0.307 e. The van der Waals surface area contributed by atoms with Gasteiger partial charge in [0.25, 0.3) is 0 Å². The minimum atomic E-state index is -2.02. The van der Waals surface area contributed by atoms with Gasteiger partial charge >= 0.3 is 5.97 Å². The third kappa shape index (κ3) is 5.52. The van der Waals surface area contributed by atoms with E-state index in [0.717, 1.165) is 6.42 Å². The van der Waals surface area contributed by atoms with Crippen LogP contribution in [0.2, 0.25) is 36.3 Å². The average molecular weight is 387 g/mol. The van der Waals surface area contributed by atoms with Crippen LogP contribution in [0.3, 0.4) is 0 Å². The van der Waals surface area contributed by atoms with Crippen molar-refractivity contribution in [3.63, 3.8) is 0 Å². The summed E-state index contributed by atoms with van der Waals surface area (Å²) >= 11 is 0. The van der Waals surface area contributed by atoms with E-state index in [4.69, 9.17) is 13.6 Å². The van der Waals surface area contributed by atoms with Gasteiger partial charge in [-0.25, -0.2) is 0 Å². The summed E-state index contributed by atoms with van der Waals surface area (Å²) in [5, 5.41) is 0.206. The largest absolute Gasteiger partial charge is 0.429 e. The fraction of sp³-hybridized carbons (Fsp3) is 0.842. The lowest BCUT2D eigenvalue weighted by Gasteiger charge is -2.43. The van der Waals surface area contributed by atoms with Gasteiger partial charge in [-0.15, -0.1) is 0 Å². The number of ether oxygens (including phenoxy) is 1. The smallest absolute Gasteiger partial charge is 0.307 e. The van der Waals surface area contributed by atoms with Gasteiger partial charge in [0, 0.05) is 6.92 Å². The normalized spacial score (nSPS) is 22.8. The third-order valence-electron chi connectivity index (χ3n) is 5.91. The molecule has 0 aromatic rings. The molecule has 0 radical (unpaired) electrons. The first-order valence-corrected chi connectivity index (χ1v) is 15.0. The summed E-state index contributed by atoms with van der Waals surface area (Å²) < 4.78 is 18.7. The van der Waals surface area contributed by atoms with E-state index >= 15 is 0 Å². The molecular weight excluding hydrogens is 348 g/mol. The Balaban J connectivity index is 3.08. The van der Waals surface area contributed by atoms with Crippen molar-refractivity contribution in [3.05, 3.63) is 11.8 Å². The Bertz CT molecular complexity index is 525. The lowest BCUT2D eigenvalue weighted by Crippen LogP contribution is -2.51. The lowest BCUT2D eigenvalue weighted by molar-refractivity contribution is -0.138. The summed E-state index contributed by atoms with van der Waals surface area (Å²) in [6, 6.07) is 0. The Morgan fingerprint density at radius 3 is 1.80 bits per heavy atom. The summed E-state index contributed by atoms with van der Waals surface area (Å²) in [6.45, 7) is 23.7. The molecule has 0 N–H and O–H groups in total. The minimum Gasteiger partial charge on any atom is -0.429 e. The SMILES string of the molecule is CC(=O)OC1=CCC(O[Si](C)(C)C(C)(C)C)C1O[Si](C)(C)C(C)(C)C. The van der Waals surface area contributed by atoms with E-state index in [1.165, 1.54) is 6.92 Å². The zero-order valence-electron chi connectivity index (χ0n) is 18.1. The Labute approximate surface area is 156 Å². The van der Waals surface area contributed by atoms with Crippen LogP contribution in [-0.2, 0) is 18.4 Å². The maximum absolute atomic E-state index is 11.5. The summed E-state index contributed by atoms with van der Waals surface area (Å²) in [5.41, 5.74) is 0. The average Bonchev–Trinajstić information content (AvgIpc) is 2.68. The van der Waals surface area contributed by atoms with Crippen LogP contribution in [0.25, 0.3) is 0 Å². The molecule has 25 heavy (non-hydrogen) atoms. The zero-order valence-corrected chi connectivity index (χ0v) is 20.1. The van der Waals surface area contributed by atoms with Crippen LogP contribution in [0.15, 0.2) is 11.8 Å². The lowest BCUT2D eigenvalue weighted by atomic mass is 10.2. The number of hydrogen-bond donors (Lipinski definition) is 0. The first-order valence-electron chi connectivity index (χ1n) is 9.22. The predicted octanol–water partition coefficient (Wildman–Crippen LogP) is 5.62. The van der Waals surface area contributed by atoms with Crippen LogP contribution in [0.1, 0.15) is 54.9 Å². The monoisotopic (exact) mass is 386 g/mol. The highest BCUT2D eigenvalue weighted by atomic mass is 28.4. The van der Waals surface area contributed by atoms with Gasteiger partial charge < -0.3 is 13.6 Å². The first-order chi connectivity index (χ1) is 11.0. The Morgan fingerprint density at radius 2 is 1.40 bits per heavy atom.